The maximum Gasteiger partial charge on any atom is 0.407 e. The van der Waals surface area contributed by atoms with Crippen LogP contribution in [0.25, 0.3) is 0 Å². The van der Waals surface area contributed by atoms with Crippen molar-refractivity contribution in [2.45, 2.75) is 45.8 Å². The molecule has 0 aromatic carbocycles. The number of amides is 1. The molecule has 122 valence electrons. The van der Waals surface area contributed by atoms with E-state index in [0.717, 1.165) is 25.2 Å². The van der Waals surface area contributed by atoms with E-state index in [0.29, 0.717) is 12.5 Å². The molecule has 1 aliphatic heterocycles. The molecule has 1 aliphatic rings. The van der Waals surface area contributed by atoms with Crippen molar-refractivity contribution in [2.75, 3.05) is 19.6 Å². The number of hydrogen-bond acceptors (Lipinski definition) is 5. The number of likely N-dealkylation sites (tertiary alicyclic amines) is 1. The summed E-state index contributed by atoms with van der Waals surface area (Å²) in [6.07, 6.45) is 5.96. The van der Waals surface area contributed by atoms with Gasteiger partial charge in [0.25, 0.3) is 0 Å². The lowest BCUT2D eigenvalue weighted by molar-refractivity contribution is 0.0519. The van der Waals surface area contributed by atoms with E-state index in [1.807, 2.05) is 27.0 Å². The van der Waals surface area contributed by atoms with Crippen LogP contribution in [0.5, 0.6) is 0 Å². The van der Waals surface area contributed by atoms with Gasteiger partial charge in [-0.1, -0.05) is 0 Å². The monoisotopic (exact) mass is 306 g/mol. The number of nitrogens with one attached hydrogen (secondary N) is 1. The summed E-state index contributed by atoms with van der Waals surface area (Å²) < 4.78 is 5.26. The Morgan fingerprint density at radius 3 is 2.91 bits per heavy atom. The summed E-state index contributed by atoms with van der Waals surface area (Å²) >= 11 is 0. The van der Waals surface area contributed by atoms with Crippen LogP contribution in [-0.2, 0) is 4.74 Å². The molecular formula is C16H26N4O2. The highest BCUT2D eigenvalue weighted by molar-refractivity contribution is 5.67. The van der Waals surface area contributed by atoms with E-state index in [1.54, 1.807) is 12.4 Å². The van der Waals surface area contributed by atoms with Crippen molar-refractivity contribution >= 4 is 6.09 Å². The van der Waals surface area contributed by atoms with Gasteiger partial charge >= 0.3 is 6.09 Å². The Morgan fingerprint density at radius 2 is 2.27 bits per heavy atom. The van der Waals surface area contributed by atoms with Crippen LogP contribution in [0.3, 0.4) is 0 Å². The number of nitrogens with zero attached hydrogens (tertiary/aromatic N) is 3. The van der Waals surface area contributed by atoms with Crippen LogP contribution in [-0.4, -0.2) is 46.2 Å². The summed E-state index contributed by atoms with van der Waals surface area (Å²) in [6, 6.07) is 0.250. The van der Waals surface area contributed by atoms with Gasteiger partial charge in [0.1, 0.15) is 5.60 Å². The van der Waals surface area contributed by atoms with Crippen LogP contribution in [0.4, 0.5) is 4.79 Å². The largest absolute Gasteiger partial charge is 0.444 e. The first kappa shape index (κ1) is 16.7. The molecule has 0 radical (unpaired) electrons. The normalized spacial score (nSPS) is 20.6. The Hall–Kier alpha value is -1.69. The molecule has 1 aromatic rings. The highest BCUT2D eigenvalue weighted by Crippen LogP contribution is 2.25. The second-order valence-corrected chi connectivity index (χ2v) is 6.84. The first-order chi connectivity index (χ1) is 10.3. The molecule has 22 heavy (non-hydrogen) atoms. The molecule has 2 heterocycles. The van der Waals surface area contributed by atoms with E-state index in [2.05, 4.69) is 27.1 Å². The summed E-state index contributed by atoms with van der Waals surface area (Å²) in [5.74, 6) is 0.451. The second-order valence-electron chi connectivity index (χ2n) is 6.84. The maximum atomic E-state index is 11.7. The summed E-state index contributed by atoms with van der Waals surface area (Å²) in [5, 5.41) is 2.86. The lowest BCUT2D eigenvalue weighted by atomic mass is 10.1. The van der Waals surface area contributed by atoms with E-state index in [1.165, 1.54) is 0 Å². The Labute approximate surface area is 132 Å². The Morgan fingerprint density at radius 1 is 1.50 bits per heavy atom. The third-order valence-corrected chi connectivity index (χ3v) is 3.81. The quantitative estimate of drug-likeness (QED) is 0.925. The molecule has 1 saturated heterocycles. The minimum atomic E-state index is -0.452. The molecule has 6 heteroatoms. The summed E-state index contributed by atoms with van der Waals surface area (Å²) in [5.41, 5.74) is 0.537. The summed E-state index contributed by atoms with van der Waals surface area (Å²) in [6.45, 7) is 10.4. The van der Waals surface area contributed by atoms with E-state index >= 15 is 0 Å². The van der Waals surface area contributed by atoms with Gasteiger partial charge in [0.15, 0.2) is 0 Å². The van der Waals surface area contributed by atoms with E-state index in [9.17, 15) is 4.79 Å². The average molecular weight is 306 g/mol. The van der Waals surface area contributed by atoms with E-state index in [4.69, 9.17) is 4.74 Å². The fourth-order valence-corrected chi connectivity index (χ4v) is 2.64. The first-order valence-corrected chi connectivity index (χ1v) is 7.82. The number of rotatable bonds is 4. The Kier molecular flexibility index (Phi) is 5.34. The highest BCUT2D eigenvalue weighted by Gasteiger charge is 2.28. The Balaban J connectivity index is 1.77. The fourth-order valence-electron chi connectivity index (χ4n) is 2.64. The van der Waals surface area contributed by atoms with Crippen molar-refractivity contribution in [3.63, 3.8) is 0 Å². The van der Waals surface area contributed by atoms with Crippen molar-refractivity contribution in [2.24, 2.45) is 5.92 Å². The molecule has 1 aromatic heterocycles. The van der Waals surface area contributed by atoms with Crippen LogP contribution >= 0.6 is 0 Å². The molecule has 1 fully saturated rings. The Bertz CT molecular complexity index is 487. The molecule has 0 aliphatic carbocycles. The zero-order valence-electron chi connectivity index (χ0n) is 13.9. The van der Waals surface area contributed by atoms with Crippen molar-refractivity contribution in [1.29, 1.82) is 0 Å². The van der Waals surface area contributed by atoms with Crippen LogP contribution in [0.2, 0.25) is 0 Å². The standard InChI is InChI=1S/C16H26N4O2/c1-12(14-10-17-6-7-18-14)20-8-5-13(11-20)9-19-15(21)22-16(2,3)4/h6-7,10,12-13H,5,8-9,11H2,1-4H3,(H,19,21). The van der Waals surface area contributed by atoms with Gasteiger partial charge in [-0.25, -0.2) is 4.79 Å². The van der Waals surface area contributed by atoms with Crippen molar-refractivity contribution in [3.8, 4) is 0 Å². The van der Waals surface area contributed by atoms with Crippen molar-refractivity contribution < 1.29 is 9.53 Å². The highest BCUT2D eigenvalue weighted by atomic mass is 16.6. The van der Waals surface area contributed by atoms with Gasteiger partial charge in [0.2, 0.25) is 0 Å². The number of alkyl carbamates (subject to hydrolysis) is 1. The predicted molar refractivity (Wildman–Crippen MR) is 84.4 cm³/mol. The molecule has 1 N–H and O–H groups in total. The smallest absolute Gasteiger partial charge is 0.407 e. The number of hydrogen-bond donors (Lipinski definition) is 1. The third kappa shape index (κ3) is 4.94. The second kappa shape index (κ2) is 7.05. The molecule has 1 amide bonds. The molecule has 0 bridgehead atoms. The van der Waals surface area contributed by atoms with Crippen molar-refractivity contribution in [3.05, 3.63) is 24.3 Å². The zero-order chi connectivity index (χ0) is 16.2. The zero-order valence-corrected chi connectivity index (χ0v) is 13.9. The minimum absolute atomic E-state index is 0.250. The van der Waals surface area contributed by atoms with Crippen LogP contribution in [0, 0.1) is 5.92 Å². The number of aromatic nitrogens is 2. The maximum absolute atomic E-state index is 11.7. The molecule has 2 atom stereocenters. The van der Waals surface area contributed by atoms with Gasteiger partial charge in [-0.05, 0) is 46.6 Å². The van der Waals surface area contributed by atoms with Gasteiger partial charge in [0, 0.05) is 31.7 Å². The van der Waals surface area contributed by atoms with Crippen LogP contribution in [0.1, 0.15) is 45.9 Å². The molecule has 6 nitrogen and oxygen atoms in total. The predicted octanol–water partition coefficient (Wildman–Crippen LogP) is 2.38. The molecular weight excluding hydrogens is 280 g/mol. The van der Waals surface area contributed by atoms with Crippen LogP contribution in [0.15, 0.2) is 18.6 Å². The van der Waals surface area contributed by atoms with E-state index < -0.39 is 5.60 Å². The number of carbonyl (C=O) groups excluding carboxylic acids is 1. The minimum Gasteiger partial charge on any atom is -0.444 e. The van der Waals surface area contributed by atoms with Crippen molar-refractivity contribution in [1.82, 2.24) is 20.2 Å². The van der Waals surface area contributed by atoms with Gasteiger partial charge in [0.05, 0.1) is 11.7 Å². The van der Waals surface area contributed by atoms with Gasteiger partial charge < -0.3 is 10.1 Å². The summed E-state index contributed by atoms with van der Waals surface area (Å²) in [4.78, 5) is 22.6. The van der Waals surface area contributed by atoms with Gasteiger partial charge in [-0.3, -0.25) is 14.9 Å². The fraction of sp³-hybridized carbons (Fsp3) is 0.688. The topological polar surface area (TPSA) is 67.4 Å². The van der Waals surface area contributed by atoms with Crippen LogP contribution < -0.4 is 5.32 Å². The number of carbonyl (C=O) groups is 1. The lowest BCUT2D eigenvalue weighted by Crippen LogP contribution is -2.36. The first-order valence-electron chi connectivity index (χ1n) is 7.82. The molecule has 2 rings (SSSR count). The average Bonchev–Trinajstić information content (AvgIpc) is 2.92. The lowest BCUT2D eigenvalue weighted by Gasteiger charge is -2.24. The van der Waals surface area contributed by atoms with E-state index in [-0.39, 0.29) is 12.1 Å². The van der Waals surface area contributed by atoms with Gasteiger partial charge in [-0.15, -0.1) is 0 Å². The van der Waals surface area contributed by atoms with Gasteiger partial charge in [-0.2, -0.15) is 0 Å². The molecule has 0 saturated carbocycles. The number of ether oxygens (including phenoxy) is 1. The molecule has 0 spiro atoms. The SMILES string of the molecule is CC(c1cnccn1)N1CCC(CNC(=O)OC(C)(C)C)C1. The summed E-state index contributed by atoms with van der Waals surface area (Å²) in [7, 11) is 0. The molecule has 2 unspecified atom stereocenters. The third-order valence-electron chi connectivity index (χ3n) is 3.81.